The van der Waals surface area contributed by atoms with E-state index in [1.54, 1.807) is 18.2 Å². The molecule has 0 radical (unpaired) electrons. The highest BCUT2D eigenvalue weighted by Gasteiger charge is 2.23. The number of rotatable bonds is 11. The van der Waals surface area contributed by atoms with E-state index in [0.29, 0.717) is 35.0 Å². The van der Waals surface area contributed by atoms with Crippen LogP contribution in [0.1, 0.15) is 29.8 Å². The van der Waals surface area contributed by atoms with Crippen molar-refractivity contribution in [1.29, 1.82) is 0 Å². The van der Waals surface area contributed by atoms with E-state index < -0.39 is 5.91 Å². The number of hydrogen-bond donors (Lipinski definition) is 2. The number of carbonyl (C=O) groups excluding carboxylic acids is 3. The van der Waals surface area contributed by atoms with Gasteiger partial charge in [-0.05, 0) is 42.7 Å². The molecule has 0 atom stereocenters. The first kappa shape index (κ1) is 26.5. The Balaban J connectivity index is 2.09. The maximum atomic E-state index is 13.3. The van der Waals surface area contributed by atoms with Crippen LogP contribution in [0.25, 0.3) is 0 Å². The van der Waals surface area contributed by atoms with Crippen molar-refractivity contribution in [2.75, 3.05) is 46.3 Å². The lowest BCUT2D eigenvalue weighted by Crippen LogP contribution is -2.44. The van der Waals surface area contributed by atoms with Gasteiger partial charge < -0.3 is 29.7 Å². The second-order valence-corrected chi connectivity index (χ2v) is 8.19. The summed E-state index contributed by atoms with van der Waals surface area (Å²) in [6.45, 7) is 5.75. The third kappa shape index (κ3) is 7.40. The molecule has 0 bridgehead atoms. The van der Waals surface area contributed by atoms with E-state index in [-0.39, 0.29) is 30.8 Å². The van der Waals surface area contributed by atoms with Crippen molar-refractivity contribution < 1.29 is 28.6 Å². The van der Waals surface area contributed by atoms with Crippen LogP contribution in [0, 0.1) is 12.8 Å². The van der Waals surface area contributed by atoms with Crippen LogP contribution in [0.4, 0.5) is 5.69 Å². The molecule has 0 aromatic heterocycles. The van der Waals surface area contributed by atoms with Crippen molar-refractivity contribution in [2.45, 2.75) is 20.8 Å². The molecule has 0 fully saturated rings. The first-order valence-electron chi connectivity index (χ1n) is 10.9. The smallest absolute Gasteiger partial charge is 0.254 e. The fourth-order valence-electron chi connectivity index (χ4n) is 3.38. The van der Waals surface area contributed by atoms with Crippen molar-refractivity contribution in [1.82, 2.24) is 10.2 Å². The molecule has 2 N–H and O–H groups in total. The Morgan fingerprint density at radius 2 is 1.59 bits per heavy atom. The second-order valence-electron chi connectivity index (χ2n) is 8.19. The molecule has 0 aliphatic heterocycles. The van der Waals surface area contributed by atoms with Crippen molar-refractivity contribution in [3.05, 3.63) is 47.5 Å². The van der Waals surface area contributed by atoms with Gasteiger partial charge in [-0.15, -0.1) is 0 Å². The maximum Gasteiger partial charge on any atom is 0.254 e. The van der Waals surface area contributed by atoms with Crippen LogP contribution in [-0.4, -0.2) is 63.6 Å². The van der Waals surface area contributed by atoms with Crippen LogP contribution in [0.2, 0.25) is 0 Å². The molecule has 0 spiro atoms. The van der Waals surface area contributed by atoms with Crippen LogP contribution >= 0.6 is 0 Å². The summed E-state index contributed by atoms with van der Waals surface area (Å²) >= 11 is 0. The second kappa shape index (κ2) is 12.5. The summed E-state index contributed by atoms with van der Waals surface area (Å²) in [7, 11) is 4.41. The number of benzene rings is 2. The number of amides is 3. The van der Waals surface area contributed by atoms with E-state index in [1.165, 1.54) is 26.2 Å². The molecule has 0 aliphatic carbocycles. The molecule has 0 aliphatic rings. The standard InChI is InChI=1S/C25H33N3O6/c1-16(2)14-28(25(31)18-11-20(32-4)24(34-6)21(12-18)33-5)15-23(30)26-13-22(29)27-19-9-7-8-17(3)10-19/h7-12,16H,13-15H2,1-6H3,(H,26,30)(H,27,29). The number of nitrogens with one attached hydrogen (secondary N) is 2. The molecule has 0 saturated heterocycles. The van der Waals surface area contributed by atoms with E-state index >= 15 is 0 Å². The minimum Gasteiger partial charge on any atom is -0.493 e. The first-order valence-corrected chi connectivity index (χ1v) is 10.9. The number of anilines is 1. The Morgan fingerprint density at radius 3 is 2.12 bits per heavy atom. The average molecular weight is 472 g/mol. The predicted molar refractivity (Wildman–Crippen MR) is 130 cm³/mol. The molecular weight excluding hydrogens is 438 g/mol. The van der Waals surface area contributed by atoms with Crippen molar-refractivity contribution in [2.24, 2.45) is 5.92 Å². The van der Waals surface area contributed by atoms with Crippen LogP contribution in [0.15, 0.2) is 36.4 Å². The van der Waals surface area contributed by atoms with Gasteiger partial charge in [-0.1, -0.05) is 26.0 Å². The van der Waals surface area contributed by atoms with Crippen LogP contribution < -0.4 is 24.8 Å². The Morgan fingerprint density at radius 1 is 0.941 bits per heavy atom. The fourth-order valence-corrected chi connectivity index (χ4v) is 3.38. The number of aryl methyl sites for hydroxylation is 1. The molecule has 0 saturated carbocycles. The summed E-state index contributed by atoms with van der Waals surface area (Å²) in [6.07, 6.45) is 0. The Bertz CT molecular complexity index is 996. The number of carbonyl (C=O) groups is 3. The lowest BCUT2D eigenvalue weighted by molar-refractivity contribution is -0.124. The molecule has 2 aromatic carbocycles. The summed E-state index contributed by atoms with van der Waals surface area (Å²) in [6, 6.07) is 10.5. The molecule has 2 rings (SSSR count). The highest BCUT2D eigenvalue weighted by Crippen LogP contribution is 2.38. The van der Waals surface area contributed by atoms with Crippen molar-refractivity contribution >= 4 is 23.4 Å². The molecular formula is C25H33N3O6. The van der Waals surface area contributed by atoms with Gasteiger partial charge in [0.2, 0.25) is 17.6 Å². The predicted octanol–water partition coefficient (Wildman–Crippen LogP) is 2.87. The van der Waals surface area contributed by atoms with Gasteiger partial charge in [0, 0.05) is 17.8 Å². The minimum atomic E-state index is -0.444. The average Bonchev–Trinajstić information content (AvgIpc) is 2.80. The zero-order valence-electron chi connectivity index (χ0n) is 20.6. The van der Waals surface area contributed by atoms with Crippen LogP contribution in [0.3, 0.4) is 0 Å². The molecule has 0 heterocycles. The summed E-state index contributed by atoms with van der Waals surface area (Å²) in [4.78, 5) is 39.5. The zero-order valence-corrected chi connectivity index (χ0v) is 20.6. The topological polar surface area (TPSA) is 106 Å². The van der Waals surface area contributed by atoms with Gasteiger partial charge in [0.25, 0.3) is 5.91 Å². The lowest BCUT2D eigenvalue weighted by Gasteiger charge is -2.25. The molecule has 2 aromatic rings. The molecule has 9 nitrogen and oxygen atoms in total. The highest BCUT2D eigenvalue weighted by atomic mass is 16.5. The summed E-state index contributed by atoms with van der Waals surface area (Å²) < 4.78 is 16.0. The monoisotopic (exact) mass is 471 g/mol. The normalized spacial score (nSPS) is 10.4. The Labute approximate surface area is 200 Å². The van der Waals surface area contributed by atoms with Crippen molar-refractivity contribution in [3.63, 3.8) is 0 Å². The number of ether oxygens (including phenoxy) is 3. The minimum absolute atomic E-state index is 0.114. The van der Waals surface area contributed by atoms with Gasteiger partial charge in [0.1, 0.15) is 0 Å². The largest absolute Gasteiger partial charge is 0.493 e. The Hall–Kier alpha value is -3.75. The molecule has 3 amide bonds. The molecule has 0 unspecified atom stereocenters. The van der Waals surface area contributed by atoms with E-state index in [4.69, 9.17) is 14.2 Å². The first-order chi connectivity index (χ1) is 16.2. The van der Waals surface area contributed by atoms with Crippen molar-refractivity contribution in [3.8, 4) is 17.2 Å². The number of nitrogens with zero attached hydrogens (tertiary/aromatic N) is 1. The van der Waals surface area contributed by atoms with Gasteiger partial charge >= 0.3 is 0 Å². The van der Waals surface area contributed by atoms with Gasteiger partial charge in [0.15, 0.2) is 11.5 Å². The third-order valence-corrected chi connectivity index (χ3v) is 4.87. The number of methoxy groups -OCH3 is 3. The summed E-state index contributed by atoms with van der Waals surface area (Å²) in [5.41, 5.74) is 1.95. The van der Waals surface area contributed by atoms with Gasteiger partial charge in [-0.2, -0.15) is 0 Å². The van der Waals surface area contributed by atoms with E-state index in [0.717, 1.165) is 5.56 Å². The van der Waals surface area contributed by atoms with Crippen LogP contribution in [0.5, 0.6) is 17.2 Å². The Kier molecular flexibility index (Phi) is 9.73. The SMILES string of the molecule is COc1cc(C(=O)N(CC(=O)NCC(=O)Nc2cccc(C)c2)CC(C)C)cc(OC)c1OC. The quantitative estimate of drug-likeness (QED) is 0.522. The van der Waals surface area contributed by atoms with Gasteiger partial charge in [0.05, 0.1) is 34.4 Å². The van der Waals surface area contributed by atoms with Gasteiger partial charge in [-0.25, -0.2) is 0 Å². The summed E-state index contributed by atoms with van der Waals surface area (Å²) in [5, 5.41) is 5.31. The van der Waals surface area contributed by atoms with E-state index in [2.05, 4.69) is 10.6 Å². The molecule has 34 heavy (non-hydrogen) atoms. The maximum absolute atomic E-state index is 13.3. The zero-order chi connectivity index (χ0) is 25.3. The van der Waals surface area contributed by atoms with E-state index in [9.17, 15) is 14.4 Å². The summed E-state index contributed by atoms with van der Waals surface area (Å²) in [5.74, 6) is -0.00451. The highest BCUT2D eigenvalue weighted by molar-refractivity contribution is 5.99. The lowest BCUT2D eigenvalue weighted by atomic mass is 10.1. The van der Waals surface area contributed by atoms with Gasteiger partial charge in [-0.3, -0.25) is 14.4 Å². The molecule has 184 valence electrons. The third-order valence-electron chi connectivity index (χ3n) is 4.87. The van der Waals surface area contributed by atoms with E-state index in [1.807, 2.05) is 39.0 Å². The fraction of sp³-hybridized carbons (Fsp3) is 0.400. The number of hydrogen-bond acceptors (Lipinski definition) is 6. The molecule has 9 heteroatoms. The van der Waals surface area contributed by atoms with Crippen LogP contribution in [-0.2, 0) is 9.59 Å².